The second-order valence-electron chi connectivity index (χ2n) is 6.33. The van der Waals surface area contributed by atoms with E-state index in [4.69, 9.17) is 5.73 Å². The first-order valence-electron chi connectivity index (χ1n) is 6.48. The largest absolute Gasteiger partial charge is 0.353 e. The van der Waals surface area contributed by atoms with Gasteiger partial charge in [-0.15, -0.1) is 0 Å². The molecule has 1 rings (SSSR count). The van der Waals surface area contributed by atoms with Gasteiger partial charge in [0.1, 0.15) is 0 Å². The monoisotopic (exact) mass is 241 g/mol. The molecule has 17 heavy (non-hydrogen) atoms. The Kier molecular flexibility index (Phi) is 4.55. The van der Waals surface area contributed by atoms with Crippen LogP contribution in [0.3, 0.4) is 0 Å². The van der Waals surface area contributed by atoms with Crippen LogP contribution in [0, 0.1) is 5.41 Å². The van der Waals surface area contributed by atoms with Crippen molar-refractivity contribution in [1.29, 1.82) is 0 Å². The molecule has 1 fully saturated rings. The summed E-state index contributed by atoms with van der Waals surface area (Å²) in [6, 6.07) is 0.651. The number of nitrogens with one attached hydrogen (secondary N) is 1. The van der Waals surface area contributed by atoms with Gasteiger partial charge < -0.3 is 11.1 Å². The summed E-state index contributed by atoms with van der Waals surface area (Å²) in [6.45, 7) is 8.77. The molecule has 0 aromatic rings. The van der Waals surface area contributed by atoms with E-state index in [1.165, 1.54) is 12.8 Å². The lowest BCUT2D eigenvalue weighted by molar-refractivity contribution is -0.124. The molecular formula is C13H27N3O. The molecule has 0 heterocycles. The predicted octanol–water partition coefficient (Wildman–Crippen LogP) is 0.959. The Morgan fingerprint density at radius 1 is 1.47 bits per heavy atom. The van der Waals surface area contributed by atoms with Gasteiger partial charge in [0, 0.05) is 18.6 Å². The van der Waals surface area contributed by atoms with Crippen molar-refractivity contribution in [2.24, 2.45) is 11.1 Å². The Balaban J connectivity index is 2.32. The fourth-order valence-corrected chi connectivity index (χ4v) is 1.74. The minimum atomic E-state index is -0.444. The van der Waals surface area contributed by atoms with Crippen molar-refractivity contribution in [2.75, 3.05) is 13.6 Å². The molecule has 1 unspecified atom stereocenters. The number of hydrogen-bond acceptors (Lipinski definition) is 3. The van der Waals surface area contributed by atoms with Crippen LogP contribution in [0.5, 0.6) is 0 Å². The van der Waals surface area contributed by atoms with Crippen LogP contribution >= 0.6 is 0 Å². The molecule has 0 aliphatic heterocycles. The van der Waals surface area contributed by atoms with E-state index in [0.29, 0.717) is 12.6 Å². The highest BCUT2D eigenvalue weighted by Crippen LogP contribution is 2.26. The van der Waals surface area contributed by atoms with Gasteiger partial charge in [-0.25, -0.2) is 0 Å². The van der Waals surface area contributed by atoms with Gasteiger partial charge in [-0.2, -0.15) is 0 Å². The maximum Gasteiger partial charge on any atom is 0.237 e. The molecule has 0 saturated heterocycles. The summed E-state index contributed by atoms with van der Waals surface area (Å²) in [6.07, 6.45) is 2.58. The molecule has 4 nitrogen and oxygen atoms in total. The molecule has 1 aliphatic carbocycles. The van der Waals surface area contributed by atoms with Crippen molar-refractivity contribution in [1.82, 2.24) is 10.2 Å². The van der Waals surface area contributed by atoms with Crippen LogP contribution < -0.4 is 11.1 Å². The Hall–Kier alpha value is -0.610. The van der Waals surface area contributed by atoms with Crippen LogP contribution in [-0.4, -0.2) is 42.5 Å². The lowest BCUT2D eigenvalue weighted by Gasteiger charge is -2.28. The number of rotatable bonds is 5. The summed E-state index contributed by atoms with van der Waals surface area (Å²) in [5.74, 6) is -0.0476. The third kappa shape index (κ3) is 4.28. The smallest absolute Gasteiger partial charge is 0.237 e. The van der Waals surface area contributed by atoms with Crippen molar-refractivity contribution in [3.8, 4) is 0 Å². The average Bonchev–Trinajstić information content (AvgIpc) is 3.05. The van der Waals surface area contributed by atoms with Crippen molar-refractivity contribution in [2.45, 2.75) is 58.7 Å². The number of hydrogen-bond donors (Lipinski definition) is 2. The third-order valence-corrected chi connectivity index (χ3v) is 3.61. The average molecular weight is 241 g/mol. The van der Waals surface area contributed by atoms with Gasteiger partial charge in [-0.1, -0.05) is 20.8 Å². The van der Waals surface area contributed by atoms with E-state index in [-0.39, 0.29) is 11.3 Å². The zero-order valence-corrected chi connectivity index (χ0v) is 11.8. The first-order valence-corrected chi connectivity index (χ1v) is 6.48. The lowest BCUT2D eigenvalue weighted by Crippen LogP contribution is -2.51. The molecule has 1 saturated carbocycles. The van der Waals surface area contributed by atoms with Crippen LogP contribution in [0.4, 0.5) is 0 Å². The van der Waals surface area contributed by atoms with Gasteiger partial charge in [0.05, 0.1) is 6.04 Å². The normalized spacial score (nSPS) is 20.2. The molecule has 0 bridgehead atoms. The first kappa shape index (κ1) is 14.5. The van der Waals surface area contributed by atoms with E-state index < -0.39 is 6.04 Å². The molecule has 2 atom stereocenters. The van der Waals surface area contributed by atoms with Crippen LogP contribution in [0.25, 0.3) is 0 Å². The van der Waals surface area contributed by atoms with E-state index in [0.717, 1.165) is 6.04 Å². The maximum absolute atomic E-state index is 11.8. The molecule has 1 amide bonds. The van der Waals surface area contributed by atoms with E-state index in [1.54, 1.807) is 0 Å². The van der Waals surface area contributed by atoms with Gasteiger partial charge in [0.25, 0.3) is 0 Å². The van der Waals surface area contributed by atoms with E-state index in [2.05, 4.69) is 24.2 Å². The standard InChI is InChI=1S/C13H27N3O/c1-9(16(5)10-6-7-10)8-15-12(17)11(14)13(2,3)4/h9-11H,6-8,14H2,1-5H3,(H,15,17)/t9?,11-/m1/s1. The molecular weight excluding hydrogens is 214 g/mol. The van der Waals surface area contributed by atoms with Gasteiger partial charge >= 0.3 is 0 Å². The summed E-state index contributed by atoms with van der Waals surface area (Å²) in [4.78, 5) is 14.2. The summed E-state index contributed by atoms with van der Waals surface area (Å²) >= 11 is 0. The molecule has 1 aliphatic rings. The fourth-order valence-electron chi connectivity index (χ4n) is 1.74. The second-order valence-corrected chi connectivity index (χ2v) is 6.33. The number of carbonyl (C=O) groups excluding carboxylic acids is 1. The first-order chi connectivity index (χ1) is 7.73. The second kappa shape index (κ2) is 5.36. The molecule has 0 spiro atoms. The van der Waals surface area contributed by atoms with Crippen LogP contribution in [-0.2, 0) is 4.79 Å². The molecule has 4 heteroatoms. The lowest BCUT2D eigenvalue weighted by atomic mass is 9.87. The Bertz CT molecular complexity index is 268. The van der Waals surface area contributed by atoms with E-state index in [1.807, 2.05) is 20.8 Å². The van der Waals surface area contributed by atoms with Gasteiger partial charge in [-0.3, -0.25) is 9.69 Å². The minimum absolute atomic E-state index is 0.0476. The third-order valence-electron chi connectivity index (χ3n) is 3.61. The van der Waals surface area contributed by atoms with E-state index in [9.17, 15) is 4.79 Å². The summed E-state index contributed by atoms with van der Waals surface area (Å²) in [5.41, 5.74) is 5.72. The van der Waals surface area contributed by atoms with Crippen molar-refractivity contribution in [3.05, 3.63) is 0 Å². The van der Waals surface area contributed by atoms with E-state index >= 15 is 0 Å². The summed E-state index contributed by atoms with van der Waals surface area (Å²) in [7, 11) is 2.12. The highest BCUT2D eigenvalue weighted by atomic mass is 16.2. The number of nitrogens with two attached hydrogens (primary N) is 1. The molecule has 0 aromatic heterocycles. The number of amides is 1. The highest BCUT2D eigenvalue weighted by molar-refractivity contribution is 5.82. The SMILES string of the molecule is CC(CNC(=O)[C@@H](N)C(C)(C)C)N(C)C1CC1. The van der Waals surface area contributed by atoms with Gasteiger partial charge in [0.2, 0.25) is 5.91 Å². The minimum Gasteiger partial charge on any atom is -0.353 e. The predicted molar refractivity (Wildman–Crippen MR) is 70.7 cm³/mol. The fraction of sp³-hybridized carbons (Fsp3) is 0.923. The quantitative estimate of drug-likeness (QED) is 0.754. The van der Waals surface area contributed by atoms with Crippen LogP contribution in [0.1, 0.15) is 40.5 Å². The number of nitrogens with zero attached hydrogens (tertiary/aromatic N) is 1. The molecule has 100 valence electrons. The van der Waals surface area contributed by atoms with Crippen molar-refractivity contribution >= 4 is 5.91 Å². The highest BCUT2D eigenvalue weighted by Gasteiger charge is 2.30. The van der Waals surface area contributed by atoms with Crippen LogP contribution in [0.15, 0.2) is 0 Å². The zero-order valence-electron chi connectivity index (χ0n) is 11.8. The maximum atomic E-state index is 11.8. The molecule has 3 N–H and O–H groups in total. The Morgan fingerprint density at radius 2 is 2.00 bits per heavy atom. The summed E-state index contributed by atoms with van der Waals surface area (Å²) < 4.78 is 0. The van der Waals surface area contributed by atoms with Crippen molar-refractivity contribution < 1.29 is 4.79 Å². The van der Waals surface area contributed by atoms with Gasteiger partial charge in [-0.05, 0) is 32.2 Å². The van der Waals surface area contributed by atoms with Gasteiger partial charge in [0.15, 0.2) is 0 Å². The number of likely N-dealkylation sites (N-methyl/N-ethyl adjacent to an activating group) is 1. The summed E-state index contributed by atoms with van der Waals surface area (Å²) in [5, 5.41) is 2.95. The molecule has 0 radical (unpaired) electrons. The zero-order chi connectivity index (χ0) is 13.2. The Labute approximate surface area is 105 Å². The van der Waals surface area contributed by atoms with Crippen molar-refractivity contribution in [3.63, 3.8) is 0 Å². The Morgan fingerprint density at radius 3 is 2.41 bits per heavy atom. The number of carbonyl (C=O) groups is 1. The van der Waals surface area contributed by atoms with Crippen LogP contribution in [0.2, 0.25) is 0 Å². The molecule has 0 aromatic carbocycles. The topological polar surface area (TPSA) is 58.4 Å².